The highest BCUT2D eigenvalue weighted by Crippen LogP contribution is 2.32. The summed E-state index contributed by atoms with van der Waals surface area (Å²) in [5.41, 5.74) is -1.16. The van der Waals surface area contributed by atoms with Crippen LogP contribution >= 0.6 is 0 Å². The molecule has 2 N–H and O–H groups in total. The average molecular weight is 426 g/mol. The molecular weight excluding hydrogens is 404 g/mol. The van der Waals surface area contributed by atoms with E-state index in [9.17, 15) is 24.5 Å². The number of carbonyl (C=O) groups is 3. The fourth-order valence-electron chi connectivity index (χ4n) is 4.13. The van der Waals surface area contributed by atoms with E-state index < -0.39 is 34.9 Å². The monoisotopic (exact) mass is 426 g/mol. The van der Waals surface area contributed by atoms with Gasteiger partial charge in [0.1, 0.15) is 17.9 Å². The van der Waals surface area contributed by atoms with E-state index in [4.69, 9.17) is 0 Å². The molecule has 2 aromatic rings. The van der Waals surface area contributed by atoms with E-state index in [2.05, 4.69) is 15.7 Å². The quantitative estimate of drug-likeness (QED) is 0.413. The Hall–Kier alpha value is -3.76. The molecule has 0 bridgehead atoms. The second-order valence-corrected chi connectivity index (χ2v) is 7.90. The molecule has 0 radical (unpaired) electrons. The summed E-state index contributed by atoms with van der Waals surface area (Å²) in [5.74, 6) is -0.593. The van der Waals surface area contributed by atoms with E-state index in [1.807, 2.05) is 0 Å². The van der Waals surface area contributed by atoms with E-state index in [0.29, 0.717) is 11.4 Å². The first kappa shape index (κ1) is 20.5. The number of nitrogens with zero attached hydrogens (tertiary/aromatic N) is 4. The number of benzene rings is 1. The highest BCUT2D eigenvalue weighted by atomic mass is 16.6. The maximum Gasteiger partial charge on any atom is 0.325 e. The summed E-state index contributed by atoms with van der Waals surface area (Å²) in [6.07, 6.45) is 5.81. The van der Waals surface area contributed by atoms with Crippen molar-refractivity contribution < 1.29 is 19.3 Å². The van der Waals surface area contributed by atoms with Crippen LogP contribution in [0, 0.1) is 10.1 Å². The minimum Gasteiger partial charge on any atom is -0.319 e. The second kappa shape index (κ2) is 7.82. The van der Waals surface area contributed by atoms with Crippen molar-refractivity contribution in [3.63, 3.8) is 0 Å². The molecule has 4 rings (SSSR count). The van der Waals surface area contributed by atoms with Gasteiger partial charge >= 0.3 is 6.03 Å². The van der Waals surface area contributed by atoms with Gasteiger partial charge < -0.3 is 10.6 Å². The van der Waals surface area contributed by atoms with Crippen molar-refractivity contribution >= 4 is 29.4 Å². The summed E-state index contributed by atoms with van der Waals surface area (Å²) in [6, 6.07) is 6.57. The fraction of sp³-hybridized carbons (Fsp3) is 0.400. The normalized spacial score (nSPS) is 21.4. The summed E-state index contributed by atoms with van der Waals surface area (Å²) in [6.45, 7) is 1.05. The molecular formula is C20H22N6O5. The number of hydrogen-bond acceptors (Lipinski definition) is 6. The first-order valence-electron chi connectivity index (χ1n) is 10.0. The Labute approximate surface area is 177 Å². The zero-order valence-corrected chi connectivity index (χ0v) is 16.9. The fourth-order valence-corrected chi connectivity index (χ4v) is 4.13. The number of urea groups is 1. The topological polar surface area (TPSA) is 139 Å². The van der Waals surface area contributed by atoms with E-state index in [0.717, 1.165) is 30.6 Å². The lowest BCUT2D eigenvalue weighted by Gasteiger charge is -2.22. The summed E-state index contributed by atoms with van der Waals surface area (Å²) < 4.78 is 1.78. The van der Waals surface area contributed by atoms with Gasteiger partial charge in [-0.3, -0.25) is 24.6 Å². The molecule has 31 heavy (non-hydrogen) atoms. The molecule has 4 amide bonds. The third-order valence-electron chi connectivity index (χ3n) is 5.84. The first-order chi connectivity index (χ1) is 14.8. The van der Waals surface area contributed by atoms with Crippen molar-refractivity contribution in [3.05, 3.63) is 52.2 Å². The predicted octanol–water partition coefficient (Wildman–Crippen LogP) is 2.31. The number of anilines is 1. The van der Waals surface area contributed by atoms with Crippen molar-refractivity contribution in [1.82, 2.24) is 20.0 Å². The van der Waals surface area contributed by atoms with E-state index in [1.54, 1.807) is 16.9 Å². The number of aromatic nitrogens is 2. The van der Waals surface area contributed by atoms with Crippen LogP contribution in [-0.2, 0) is 15.1 Å². The molecule has 11 nitrogen and oxygen atoms in total. The number of nitrogens with one attached hydrogen (secondary N) is 2. The van der Waals surface area contributed by atoms with Crippen LogP contribution in [0.1, 0.15) is 44.2 Å². The largest absolute Gasteiger partial charge is 0.325 e. The minimum absolute atomic E-state index is 0.126. The smallest absolute Gasteiger partial charge is 0.319 e. The summed E-state index contributed by atoms with van der Waals surface area (Å²) in [4.78, 5) is 49.2. The molecule has 162 valence electrons. The molecule has 11 heteroatoms. The van der Waals surface area contributed by atoms with Gasteiger partial charge in [0.2, 0.25) is 5.91 Å². The number of amides is 4. The Morgan fingerprint density at radius 2 is 1.94 bits per heavy atom. The lowest BCUT2D eigenvalue weighted by Crippen LogP contribution is -2.42. The molecule has 2 heterocycles. The minimum atomic E-state index is -1.42. The second-order valence-electron chi connectivity index (χ2n) is 7.90. The van der Waals surface area contributed by atoms with E-state index in [1.165, 1.54) is 31.2 Å². The van der Waals surface area contributed by atoms with Crippen molar-refractivity contribution in [3.8, 4) is 0 Å². The van der Waals surface area contributed by atoms with Gasteiger partial charge in [0.25, 0.3) is 11.6 Å². The number of nitro benzene ring substituents is 1. The van der Waals surface area contributed by atoms with Gasteiger partial charge in [0.05, 0.1) is 17.2 Å². The van der Waals surface area contributed by atoms with Crippen LogP contribution in [0.3, 0.4) is 0 Å². The molecule has 1 aromatic heterocycles. The van der Waals surface area contributed by atoms with Crippen molar-refractivity contribution in [2.45, 2.75) is 44.2 Å². The van der Waals surface area contributed by atoms with Crippen LogP contribution in [0.4, 0.5) is 16.3 Å². The van der Waals surface area contributed by atoms with Gasteiger partial charge in [0.15, 0.2) is 0 Å². The molecule has 1 aromatic carbocycles. The molecule has 1 aliphatic heterocycles. The van der Waals surface area contributed by atoms with E-state index in [-0.39, 0.29) is 11.7 Å². The maximum atomic E-state index is 13.0. The average Bonchev–Trinajstić information content (AvgIpc) is 3.46. The molecule has 1 aliphatic carbocycles. The van der Waals surface area contributed by atoms with Crippen LogP contribution < -0.4 is 10.6 Å². The summed E-state index contributed by atoms with van der Waals surface area (Å²) >= 11 is 0. The number of nitro groups is 1. The van der Waals surface area contributed by atoms with Crippen molar-refractivity contribution in [2.24, 2.45) is 0 Å². The zero-order chi connectivity index (χ0) is 22.2. The zero-order valence-electron chi connectivity index (χ0n) is 16.9. The van der Waals surface area contributed by atoms with Crippen LogP contribution in [0.5, 0.6) is 0 Å². The molecule has 1 atom stereocenters. The van der Waals surface area contributed by atoms with Gasteiger partial charge in [-0.1, -0.05) is 12.8 Å². The van der Waals surface area contributed by atoms with Crippen LogP contribution in [-0.4, -0.2) is 44.0 Å². The molecule has 1 saturated carbocycles. The van der Waals surface area contributed by atoms with Gasteiger partial charge in [-0.2, -0.15) is 5.10 Å². The number of rotatable bonds is 6. The SMILES string of the molecule is CC1(c2ccc([N+](=O)[O-])cc2)NC(=O)N(CC(=O)Nc2ccnn2C2CCCC2)C1=O. The van der Waals surface area contributed by atoms with Crippen molar-refractivity contribution in [2.75, 3.05) is 11.9 Å². The standard InChI is InChI=1S/C20H22N6O5/c1-20(13-6-8-15(9-7-13)26(30)31)18(28)24(19(29)23-20)12-17(27)22-16-10-11-21-25(16)14-4-2-3-5-14/h6-11,14H,2-5,12H2,1H3,(H,22,27)(H,23,29). The molecule has 2 aliphatic rings. The Bertz CT molecular complexity index is 1040. The predicted molar refractivity (Wildman–Crippen MR) is 109 cm³/mol. The highest BCUT2D eigenvalue weighted by molar-refractivity contribution is 6.10. The molecule has 2 fully saturated rings. The Kier molecular flexibility index (Phi) is 5.17. The van der Waals surface area contributed by atoms with Crippen molar-refractivity contribution in [1.29, 1.82) is 0 Å². The number of non-ortho nitro benzene ring substituents is 1. The summed E-state index contributed by atoms with van der Waals surface area (Å²) in [5, 5.41) is 20.5. The van der Waals surface area contributed by atoms with Gasteiger partial charge in [-0.05, 0) is 37.5 Å². The van der Waals surface area contributed by atoms with Gasteiger partial charge in [-0.15, -0.1) is 0 Å². The summed E-state index contributed by atoms with van der Waals surface area (Å²) in [7, 11) is 0. The third-order valence-corrected chi connectivity index (χ3v) is 5.84. The highest BCUT2D eigenvalue weighted by Gasteiger charge is 2.49. The Morgan fingerprint density at radius 1 is 1.26 bits per heavy atom. The first-order valence-corrected chi connectivity index (χ1v) is 10.0. The molecule has 1 saturated heterocycles. The van der Waals surface area contributed by atoms with Gasteiger partial charge in [0, 0.05) is 18.2 Å². The number of hydrogen-bond donors (Lipinski definition) is 2. The lowest BCUT2D eigenvalue weighted by molar-refractivity contribution is -0.384. The van der Waals surface area contributed by atoms with E-state index >= 15 is 0 Å². The third kappa shape index (κ3) is 3.74. The van der Waals surface area contributed by atoms with Crippen LogP contribution in [0.2, 0.25) is 0 Å². The maximum absolute atomic E-state index is 13.0. The number of imide groups is 1. The molecule has 0 spiro atoms. The molecule has 1 unspecified atom stereocenters. The van der Waals surface area contributed by atoms with Crippen LogP contribution in [0.15, 0.2) is 36.5 Å². The Morgan fingerprint density at radius 3 is 2.58 bits per heavy atom. The number of carbonyl (C=O) groups excluding carboxylic acids is 3. The Balaban J connectivity index is 1.46. The van der Waals surface area contributed by atoms with Gasteiger partial charge in [-0.25, -0.2) is 9.48 Å². The van der Waals surface area contributed by atoms with Crippen LogP contribution in [0.25, 0.3) is 0 Å². The lowest BCUT2D eigenvalue weighted by atomic mass is 9.92.